The zero-order valence-electron chi connectivity index (χ0n) is 36.8. The Balaban J connectivity index is 0.000000230. The van der Waals surface area contributed by atoms with E-state index in [4.69, 9.17) is 24.4 Å². The molecule has 7 nitrogen and oxygen atoms in total. The predicted octanol–water partition coefficient (Wildman–Crippen LogP) is 13.1. The fraction of sp³-hybridized carbons (Fsp3) is 0.167. The molecule has 0 N–H and O–H groups in total. The van der Waals surface area contributed by atoms with Gasteiger partial charge in [0.05, 0.1) is 47.0 Å². The second kappa shape index (κ2) is 17.8. The van der Waals surface area contributed by atoms with Gasteiger partial charge in [-0.05, 0) is 66.7 Å². The molecule has 10 aromatic rings. The summed E-state index contributed by atoms with van der Waals surface area (Å²) in [5, 5.41) is 2.31. The average molecular weight is 1020 g/mol. The average Bonchev–Trinajstić information content (AvgIpc) is 3.86. The molecule has 1 radical (unpaired) electrons. The number of pyridine rings is 4. The molecular weight excluding hydrogens is 969 g/mol. The van der Waals surface area contributed by atoms with Gasteiger partial charge in [0.1, 0.15) is 0 Å². The minimum atomic E-state index is -1.25. The summed E-state index contributed by atoms with van der Waals surface area (Å²) < 4.78 is 8.70. The van der Waals surface area contributed by atoms with Crippen LogP contribution >= 0.6 is 0 Å². The van der Waals surface area contributed by atoms with Crippen LogP contribution in [0.4, 0.5) is 0 Å². The van der Waals surface area contributed by atoms with Gasteiger partial charge in [-0.3, -0.25) is 15.0 Å². The van der Waals surface area contributed by atoms with Crippen molar-refractivity contribution in [1.29, 1.82) is 0 Å². The van der Waals surface area contributed by atoms with Crippen LogP contribution in [0.2, 0.25) is 19.6 Å². The molecule has 0 fully saturated rings. The Morgan fingerprint density at radius 3 is 2.02 bits per heavy atom. The Hall–Kier alpha value is -6.38. The van der Waals surface area contributed by atoms with E-state index < -0.39 is 8.07 Å². The maximum absolute atomic E-state index is 6.47. The Morgan fingerprint density at radius 1 is 0.714 bits per heavy atom. The second-order valence-electron chi connectivity index (χ2n) is 17.2. The van der Waals surface area contributed by atoms with Crippen molar-refractivity contribution in [2.75, 3.05) is 0 Å². The van der Waals surface area contributed by atoms with E-state index in [1.165, 1.54) is 10.8 Å². The monoisotopic (exact) mass is 1020 g/mol. The number of fused-ring (bicyclic) bond motifs is 4. The summed E-state index contributed by atoms with van der Waals surface area (Å²) in [5.74, 6) is 1.25. The topological polar surface area (TPSA) is 82.5 Å². The molecule has 0 saturated carbocycles. The number of para-hydroxylation sites is 1. The Bertz CT molecular complexity index is 3150. The first kappa shape index (κ1) is 43.3. The molecule has 4 aromatic carbocycles. The maximum Gasteiger partial charge on any atom is 0.215 e. The molecule has 315 valence electrons. The number of hydrogen-bond acceptors (Lipinski definition) is 6. The summed E-state index contributed by atoms with van der Waals surface area (Å²) in [6.07, 6.45) is 5.55. The molecule has 0 aliphatic carbocycles. The van der Waals surface area contributed by atoms with Crippen molar-refractivity contribution in [2.24, 2.45) is 0 Å². The molecule has 0 amide bonds. The van der Waals surface area contributed by atoms with Crippen LogP contribution < -0.4 is 5.19 Å². The van der Waals surface area contributed by atoms with Crippen LogP contribution in [-0.4, -0.2) is 37.6 Å². The van der Waals surface area contributed by atoms with Crippen LogP contribution in [-0.2, 0) is 20.1 Å². The standard InChI is InChI=1S/C37H26N5O.C17H22NSi.Ir/c1-22-21-23(2)40-37-31(22)32-35(43-37)29(17-19-39-32)36-41-30-18-20-38-24(3)33(30)42(36)34-27(25-11-6-4-7-12-25)15-10-16-28(34)26-13-8-5-9-14-26;1-13(2)14-6-8-15(9-7-14)17-11-10-16(12-18-17)19(3,4)5;/h4-16,18-21H,1-3H3;6-8,10-13H,1-5H3;/q2*-1;. The third-order valence-electron chi connectivity index (χ3n) is 11.4. The van der Waals surface area contributed by atoms with Gasteiger partial charge in [0.2, 0.25) is 5.71 Å². The third kappa shape index (κ3) is 8.44. The second-order valence-corrected chi connectivity index (χ2v) is 22.2. The fourth-order valence-electron chi connectivity index (χ4n) is 8.11. The number of imidazole rings is 1. The number of nitrogens with zero attached hydrogens (tertiary/aromatic N) is 6. The molecule has 0 spiro atoms. The van der Waals surface area contributed by atoms with Crippen LogP contribution in [0.25, 0.3) is 83.8 Å². The zero-order chi connectivity index (χ0) is 43.1. The first-order valence-corrected chi connectivity index (χ1v) is 24.6. The van der Waals surface area contributed by atoms with E-state index in [9.17, 15) is 0 Å². The van der Waals surface area contributed by atoms with Crippen molar-refractivity contribution in [2.45, 2.75) is 60.2 Å². The first-order valence-electron chi connectivity index (χ1n) is 21.1. The van der Waals surface area contributed by atoms with Crippen molar-refractivity contribution in [1.82, 2.24) is 29.5 Å². The third-order valence-corrected chi connectivity index (χ3v) is 13.4. The van der Waals surface area contributed by atoms with Crippen LogP contribution in [0.3, 0.4) is 0 Å². The van der Waals surface area contributed by atoms with Crippen molar-refractivity contribution in [3.05, 3.63) is 175 Å². The van der Waals surface area contributed by atoms with Gasteiger partial charge in [0.25, 0.3) is 0 Å². The normalized spacial score (nSPS) is 11.5. The zero-order valence-corrected chi connectivity index (χ0v) is 40.2. The molecule has 9 heteroatoms. The van der Waals surface area contributed by atoms with Gasteiger partial charge in [0.15, 0.2) is 0 Å². The van der Waals surface area contributed by atoms with Gasteiger partial charge in [-0.25, -0.2) is 4.98 Å². The van der Waals surface area contributed by atoms with Crippen LogP contribution in [0, 0.1) is 32.9 Å². The molecule has 0 unspecified atom stereocenters. The minimum Gasteiger partial charge on any atom is -0.499 e. The number of aromatic nitrogens is 6. The number of rotatable bonds is 7. The Morgan fingerprint density at radius 2 is 1.41 bits per heavy atom. The Kier molecular flexibility index (Phi) is 12.2. The number of furan rings is 1. The molecular formula is C54H48IrN6OSi-2. The summed E-state index contributed by atoms with van der Waals surface area (Å²) in [7, 11) is -1.25. The van der Waals surface area contributed by atoms with Crippen molar-refractivity contribution in [3.63, 3.8) is 0 Å². The van der Waals surface area contributed by atoms with Gasteiger partial charge in [-0.2, -0.15) is 0 Å². The molecule has 63 heavy (non-hydrogen) atoms. The molecule has 0 bridgehead atoms. The summed E-state index contributed by atoms with van der Waals surface area (Å²) in [4.78, 5) is 23.9. The van der Waals surface area contributed by atoms with Crippen LogP contribution in [0.5, 0.6) is 0 Å². The molecule has 10 rings (SSSR count). The molecule has 6 heterocycles. The van der Waals surface area contributed by atoms with Gasteiger partial charge in [0, 0.05) is 55.1 Å². The van der Waals surface area contributed by atoms with E-state index in [0.717, 1.165) is 83.6 Å². The SMILES string of the molecule is CC(C)c1c[c-]c(-c2ccc([Si](C)(C)C)cn2)cc1.Cc1cc(C)c2c(n1)oc1c(-c3nc4ccnc(C)c4n3-c3c(-c4ccccc4)cccc3-c3ccccc3)[c-]cnc12.[Ir]. The number of hydrogen-bond donors (Lipinski definition) is 0. The molecule has 0 aliphatic rings. The largest absolute Gasteiger partial charge is 0.499 e. The van der Waals surface area contributed by atoms with Crippen LogP contribution in [0.15, 0.2) is 144 Å². The van der Waals surface area contributed by atoms with E-state index in [0.29, 0.717) is 23.0 Å². The molecule has 6 aromatic heterocycles. The van der Waals surface area contributed by atoms with Gasteiger partial charge in [-0.1, -0.05) is 130 Å². The van der Waals surface area contributed by atoms with Crippen molar-refractivity contribution in [3.8, 4) is 50.6 Å². The summed E-state index contributed by atoms with van der Waals surface area (Å²) in [5.41, 5.74) is 16.0. The summed E-state index contributed by atoms with van der Waals surface area (Å²) in [6.45, 7) is 17.5. The van der Waals surface area contributed by atoms with E-state index in [1.54, 1.807) is 6.20 Å². The fourth-order valence-corrected chi connectivity index (χ4v) is 9.15. The van der Waals surface area contributed by atoms with E-state index in [1.807, 2.05) is 44.4 Å². The molecule has 0 aliphatic heterocycles. The summed E-state index contributed by atoms with van der Waals surface area (Å²) in [6, 6.07) is 48.8. The van der Waals surface area contributed by atoms with E-state index >= 15 is 0 Å². The molecule has 0 atom stereocenters. The van der Waals surface area contributed by atoms with E-state index in [2.05, 4.69) is 165 Å². The first-order chi connectivity index (χ1) is 30.0. The number of benzene rings is 4. The quantitative estimate of drug-likeness (QED) is 0.117. The molecule has 0 saturated heterocycles. The smallest absolute Gasteiger partial charge is 0.215 e. The number of aryl methyl sites for hydroxylation is 3. The van der Waals surface area contributed by atoms with E-state index in [-0.39, 0.29) is 20.1 Å². The van der Waals surface area contributed by atoms with Crippen LogP contribution in [0.1, 0.15) is 42.3 Å². The Labute approximate surface area is 383 Å². The van der Waals surface area contributed by atoms with Gasteiger partial charge in [-0.15, -0.1) is 47.0 Å². The van der Waals surface area contributed by atoms with Gasteiger partial charge >= 0.3 is 0 Å². The maximum atomic E-state index is 6.47. The van der Waals surface area contributed by atoms with Gasteiger partial charge < -0.3 is 14.0 Å². The summed E-state index contributed by atoms with van der Waals surface area (Å²) >= 11 is 0. The van der Waals surface area contributed by atoms with Crippen molar-refractivity contribution >= 4 is 46.5 Å². The minimum absolute atomic E-state index is 0. The van der Waals surface area contributed by atoms with Crippen molar-refractivity contribution < 1.29 is 24.5 Å². The predicted molar refractivity (Wildman–Crippen MR) is 257 cm³/mol.